The molecule has 0 aromatic carbocycles. The number of hydrogen-bond acceptors (Lipinski definition) is 3. The van der Waals surface area contributed by atoms with Crippen molar-refractivity contribution in [3.63, 3.8) is 0 Å². The smallest absolute Gasteiger partial charge is 0.307 e. The van der Waals surface area contributed by atoms with Gasteiger partial charge in [-0.25, -0.2) is 0 Å². The Morgan fingerprint density at radius 3 is 2.54 bits per heavy atom. The highest BCUT2D eigenvalue weighted by Gasteiger charge is 2.35. The number of carbonyl (C=O) groups excluding carboxylic acids is 1. The summed E-state index contributed by atoms with van der Waals surface area (Å²) in [5, 5.41) is 0. The molecule has 0 spiro atoms. The Kier molecular flexibility index (Phi) is 3.31. The van der Waals surface area contributed by atoms with Crippen molar-refractivity contribution in [1.29, 1.82) is 0 Å². The van der Waals surface area contributed by atoms with Crippen molar-refractivity contribution >= 4 is 5.97 Å². The fraction of sp³-hybridized carbons (Fsp3) is 0.900. The molecular formula is C10H19NO2. The predicted molar refractivity (Wildman–Crippen MR) is 51.2 cm³/mol. The molecule has 1 atom stereocenters. The van der Waals surface area contributed by atoms with Crippen molar-refractivity contribution in [2.45, 2.75) is 45.1 Å². The van der Waals surface area contributed by atoms with Crippen LogP contribution in [0.25, 0.3) is 0 Å². The zero-order chi connectivity index (χ0) is 9.90. The highest BCUT2D eigenvalue weighted by molar-refractivity contribution is 5.70. The van der Waals surface area contributed by atoms with Crippen LogP contribution in [0.4, 0.5) is 0 Å². The van der Waals surface area contributed by atoms with Gasteiger partial charge >= 0.3 is 5.97 Å². The second-order valence-corrected chi connectivity index (χ2v) is 4.25. The lowest BCUT2D eigenvalue weighted by atomic mass is 9.80. The van der Waals surface area contributed by atoms with Crippen LogP contribution in [0.15, 0.2) is 0 Å². The summed E-state index contributed by atoms with van der Waals surface area (Å²) < 4.78 is 4.61. The van der Waals surface area contributed by atoms with Crippen LogP contribution in [-0.4, -0.2) is 19.1 Å². The van der Waals surface area contributed by atoms with E-state index in [9.17, 15) is 4.79 Å². The monoisotopic (exact) mass is 185 g/mol. The van der Waals surface area contributed by atoms with E-state index in [1.54, 1.807) is 0 Å². The Morgan fingerprint density at radius 1 is 1.54 bits per heavy atom. The summed E-state index contributed by atoms with van der Waals surface area (Å²) in [6, 6.07) is -0.0394. The zero-order valence-electron chi connectivity index (χ0n) is 8.51. The molecule has 1 rings (SSSR count). The van der Waals surface area contributed by atoms with Gasteiger partial charge in [-0.15, -0.1) is 0 Å². The fourth-order valence-electron chi connectivity index (χ4n) is 2.06. The Labute approximate surface area is 79.6 Å². The van der Waals surface area contributed by atoms with E-state index >= 15 is 0 Å². The Bertz CT molecular complexity index is 185. The standard InChI is InChI=1S/C10H19NO2/c1-10(5-3-4-6-10)8(11)7-9(12)13-2/h8H,3-7,11H2,1-2H3. The van der Waals surface area contributed by atoms with Gasteiger partial charge in [0.2, 0.25) is 0 Å². The second-order valence-electron chi connectivity index (χ2n) is 4.25. The quantitative estimate of drug-likeness (QED) is 0.677. The first kappa shape index (κ1) is 10.5. The van der Waals surface area contributed by atoms with E-state index in [4.69, 9.17) is 5.73 Å². The minimum absolute atomic E-state index is 0.0394. The van der Waals surface area contributed by atoms with Crippen LogP contribution < -0.4 is 5.73 Å². The van der Waals surface area contributed by atoms with Crippen molar-refractivity contribution in [2.24, 2.45) is 11.1 Å². The molecule has 3 nitrogen and oxygen atoms in total. The van der Waals surface area contributed by atoms with Crippen molar-refractivity contribution < 1.29 is 9.53 Å². The fourth-order valence-corrected chi connectivity index (χ4v) is 2.06. The number of methoxy groups -OCH3 is 1. The third-order valence-electron chi connectivity index (χ3n) is 3.26. The lowest BCUT2D eigenvalue weighted by Crippen LogP contribution is -2.39. The van der Waals surface area contributed by atoms with E-state index in [0.717, 1.165) is 12.8 Å². The summed E-state index contributed by atoms with van der Waals surface area (Å²) in [5.74, 6) is -0.194. The number of nitrogens with two attached hydrogens (primary N) is 1. The van der Waals surface area contributed by atoms with Gasteiger partial charge in [-0.05, 0) is 18.3 Å². The molecule has 0 aromatic rings. The highest BCUT2D eigenvalue weighted by Crippen LogP contribution is 2.40. The second kappa shape index (κ2) is 4.09. The SMILES string of the molecule is COC(=O)CC(N)C1(C)CCCC1. The largest absolute Gasteiger partial charge is 0.469 e. The Morgan fingerprint density at radius 2 is 2.08 bits per heavy atom. The molecule has 13 heavy (non-hydrogen) atoms. The number of rotatable bonds is 3. The van der Waals surface area contributed by atoms with Gasteiger partial charge in [-0.2, -0.15) is 0 Å². The molecule has 1 fully saturated rings. The van der Waals surface area contributed by atoms with Crippen LogP contribution in [0.3, 0.4) is 0 Å². The molecule has 0 heterocycles. The van der Waals surface area contributed by atoms with Gasteiger partial charge in [-0.1, -0.05) is 19.8 Å². The molecule has 1 saturated carbocycles. The molecule has 0 saturated heterocycles. The van der Waals surface area contributed by atoms with Crippen LogP contribution in [0.5, 0.6) is 0 Å². The van der Waals surface area contributed by atoms with Gasteiger partial charge in [0.15, 0.2) is 0 Å². The lowest BCUT2D eigenvalue weighted by molar-refractivity contribution is -0.141. The Hall–Kier alpha value is -0.570. The van der Waals surface area contributed by atoms with E-state index in [1.165, 1.54) is 20.0 Å². The molecular weight excluding hydrogens is 166 g/mol. The first-order valence-corrected chi connectivity index (χ1v) is 4.91. The molecule has 0 radical (unpaired) electrons. The first-order chi connectivity index (χ1) is 6.08. The molecule has 1 aliphatic carbocycles. The van der Waals surface area contributed by atoms with Gasteiger partial charge in [0.05, 0.1) is 13.5 Å². The summed E-state index contributed by atoms with van der Waals surface area (Å²) in [5.41, 5.74) is 6.15. The van der Waals surface area contributed by atoms with Gasteiger partial charge in [0, 0.05) is 6.04 Å². The predicted octanol–water partition coefficient (Wildman–Crippen LogP) is 1.46. The maximum atomic E-state index is 11.0. The third-order valence-corrected chi connectivity index (χ3v) is 3.26. The van der Waals surface area contributed by atoms with Crippen molar-refractivity contribution in [1.82, 2.24) is 0 Å². The normalized spacial score (nSPS) is 22.7. The van der Waals surface area contributed by atoms with Gasteiger partial charge < -0.3 is 10.5 Å². The average molecular weight is 185 g/mol. The summed E-state index contributed by atoms with van der Waals surface area (Å²) in [7, 11) is 1.41. The third kappa shape index (κ3) is 2.44. The molecule has 1 unspecified atom stereocenters. The number of esters is 1. The lowest BCUT2D eigenvalue weighted by Gasteiger charge is -2.30. The van der Waals surface area contributed by atoms with E-state index < -0.39 is 0 Å². The highest BCUT2D eigenvalue weighted by atomic mass is 16.5. The molecule has 0 aromatic heterocycles. The van der Waals surface area contributed by atoms with E-state index in [-0.39, 0.29) is 17.4 Å². The maximum absolute atomic E-state index is 11.0. The van der Waals surface area contributed by atoms with Crippen LogP contribution in [0.2, 0.25) is 0 Å². The topological polar surface area (TPSA) is 52.3 Å². The summed E-state index contributed by atoms with van der Waals surface area (Å²) >= 11 is 0. The van der Waals surface area contributed by atoms with Crippen LogP contribution >= 0.6 is 0 Å². The van der Waals surface area contributed by atoms with E-state index in [1.807, 2.05) is 0 Å². The minimum atomic E-state index is -0.194. The zero-order valence-corrected chi connectivity index (χ0v) is 8.51. The van der Waals surface area contributed by atoms with E-state index in [2.05, 4.69) is 11.7 Å². The van der Waals surface area contributed by atoms with Gasteiger partial charge in [-0.3, -0.25) is 4.79 Å². The van der Waals surface area contributed by atoms with Crippen molar-refractivity contribution in [2.75, 3.05) is 7.11 Å². The van der Waals surface area contributed by atoms with Crippen molar-refractivity contribution in [3.8, 4) is 0 Å². The van der Waals surface area contributed by atoms with E-state index in [0.29, 0.717) is 6.42 Å². The molecule has 76 valence electrons. The van der Waals surface area contributed by atoms with Crippen LogP contribution in [0.1, 0.15) is 39.0 Å². The molecule has 1 aliphatic rings. The number of hydrogen-bond donors (Lipinski definition) is 1. The minimum Gasteiger partial charge on any atom is -0.469 e. The molecule has 0 aliphatic heterocycles. The number of carbonyl (C=O) groups is 1. The average Bonchev–Trinajstić information content (AvgIpc) is 2.53. The van der Waals surface area contributed by atoms with Crippen LogP contribution in [-0.2, 0) is 9.53 Å². The van der Waals surface area contributed by atoms with Crippen molar-refractivity contribution in [3.05, 3.63) is 0 Å². The summed E-state index contributed by atoms with van der Waals surface area (Å²) in [6.07, 6.45) is 5.13. The Balaban J connectivity index is 2.46. The molecule has 3 heteroatoms. The molecule has 0 amide bonds. The summed E-state index contributed by atoms with van der Waals surface area (Å²) in [4.78, 5) is 11.0. The van der Waals surface area contributed by atoms with Gasteiger partial charge in [0.25, 0.3) is 0 Å². The summed E-state index contributed by atoms with van der Waals surface area (Å²) in [6.45, 7) is 2.17. The number of ether oxygens (including phenoxy) is 1. The first-order valence-electron chi connectivity index (χ1n) is 4.91. The maximum Gasteiger partial charge on any atom is 0.307 e. The van der Waals surface area contributed by atoms with Crippen LogP contribution in [0, 0.1) is 5.41 Å². The molecule has 2 N–H and O–H groups in total. The molecule has 0 bridgehead atoms. The van der Waals surface area contributed by atoms with Gasteiger partial charge in [0.1, 0.15) is 0 Å².